The molecule has 0 aliphatic heterocycles. The summed E-state index contributed by atoms with van der Waals surface area (Å²) in [7, 11) is 1.85. The molecular formula is C10H12ClN5O. The summed E-state index contributed by atoms with van der Waals surface area (Å²) in [5.74, 6) is 0. The molecule has 0 aliphatic carbocycles. The Hall–Kier alpha value is -1.82. The predicted molar refractivity (Wildman–Crippen MR) is 64.8 cm³/mol. The van der Waals surface area contributed by atoms with E-state index < -0.39 is 0 Å². The minimum atomic E-state index is -0.313. The van der Waals surface area contributed by atoms with Gasteiger partial charge < -0.3 is 5.73 Å². The first kappa shape index (κ1) is 11.7. The van der Waals surface area contributed by atoms with Gasteiger partial charge in [0.15, 0.2) is 5.15 Å². The largest absolute Gasteiger partial charge is 0.392 e. The molecule has 17 heavy (non-hydrogen) atoms. The molecule has 2 heterocycles. The van der Waals surface area contributed by atoms with Crippen LogP contribution in [0.5, 0.6) is 0 Å². The Balaban J connectivity index is 2.18. The van der Waals surface area contributed by atoms with Gasteiger partial charge in [0.25, 0.3) is 5.56 Å². The van der Waals surface area contributed by atoms with E-state index in [0.29, 0.717) is 13.0 Å². The second kappa shape index (κ2) is 4.58. The lowest BCUT2D eigenvalue weighted by Gasteiger charge is -2.06. The minimum absolute atomic E-state index is 0.0147. The molecule has 0 saturated carbocycles. The molecule has 0 bridgehead atoms. The molecule has 2 rings (SSSR count). The number of aryl methyl sites for hydroxylation is 3. The molecule has 2 aromatic heterocycles. The lowest BCUT2D eigenvalue weighted by atomic mass is 10.3. The molecule has 2 aromatic rings. The number of nitrogens with zero attached hydrogens (tertiary/aromatic N) is 4. The Morgan fingerprint density at radius 3 is 2.94 bits per heavy atom. The van der Waals surface area contributed by atoms with Crippen molar-refractivity contribution < 1.29 is 0 Å². The minimum Gasteiger partial charge on any atom is -0.392 e. The highest BCUT2D eigenvalue weighted by Gasteiger charge is 2.06. The SMILES string of the molecule is Cn1nccc1CCn1cnc(Cl)c(N)c1=O. The van der Waals surface area contributed by atoms with Gasteiger partial charge in [-0.05, 0) is 6.07 Å². The number of halogens is 1. The molecule has 0 aromatic carbocycles. The summed E-state index contributed by atoms with van der Waals surface area (Å²) in [4.78, 5) is 15.6. The van der Waals surface area contributed by atoms with Gasteiger partial charge in [0.2, 0.25) is 0 Å². The third-order valence-electron chi connectivity index (χ3n) is 2.56. The van der Waals surface area contributed by atoms with E-state index in [0.717, 1.165) is 5.69 Å². The smallest absolute Gasteiger partial charge is 0.278 e. The summed E-state index contributed by atoms with van der Waals surface area (Å²) in [5.41, 5.74) is 6.22. The van der Waals surface area contributed by atoms with Crippen molar-refractivity contribution >= 4 is 17.3 Å². The maximum atomic E-state index is 11.7. The highest BCUT2D eigenvalue weighted by atomic mass is 35.5. The van der Waals surface area contributed by atoms with Crippen LogP contribution in [-0.2, 0) is 20.0 Å². The van der Waals surface area contributed by atoms with Crippen LogP contribution in [0.1, 0.15) is 5.69 Å². The van der Waals surface area contributed by atoms with Gasteiger partial charge in [-0.3, -0.25) is 14.0 Å². The number of nitrogens with two attached hydrogens (primary N) is 1. The standard InChI is InChI=1S/C10H12ClN5O/c1-15-7(2-4-14-15)3-5-16-6-13-9(11)8(12)10(16)17/h2,4,6H,3,5,12H2,1H3. The highest BCUT2D eigenvalue weighted by Crippen LogP contribution is 2.08. The second-order valence-electron chi connectivity index (χ2n) is 3.64. The zero-order chi connectivity index (χ0) is 12.4. The first-order valence-electron chi connectivity index (χ1n) is 5.07. The Morgan fingerprint density at radius 2 is 2.29 bits per heavy atom. The average Bonchev–Trinajstić information content (AvgIpc) is 2.71. The molecule has 0 atom stereocenters. The van der Waals surface area contributed by atoms with Crippen LogP contribution in [0.15, 0.2) is 23.4 Å². The third-order valence-corrected chi connectivity index (χ3v) is 2.86. The topological polar surface area (TPSA) is 78.7 Å². The quantitative estimate of drug-likeness (QED) is 0.806. The number of anilines is 1. The van der Waals surface area contributed by atoms with Crippen LogP contribution in [0, 0.1) is 0 Å². The molecule has 90 valence electrons. The van der Waals surface area contributed by atoms with Gasteiger partial charge in [-0.1, -0.05) is 11.6 Å². The Morgan fingerprint density at radius 1 is 1.53 bits per heavy atom. The van der Waals surface area contributed by atoms with E-state index >= 15 is 0 Å². The number of hydrogen-bond acceptors (Lipinski definition) is 4. The van der Waals surface area contributed by atoms with Crippen LogP contribution in [0.3, 0.4) is 0 Å². The molecule has 0 spiro atoms. The maximum Gasteiger partial charge on any atom is 0.278 e. The Kier molecular flexibility index (Phi) is 3.14. The van der Waals surface area contributed by atoms with Crippen LogP contribution in [0.4, 0.5) is 5.69 Å². The fraction of sp³-hybridized carbons (Fsp3) is 0.300. The summed E-state index contributed by atoms with van der Waals surface area (Å²) < 4.78 is 3.20. The number of nitrogen functional groups attached to an aromatic ring is 1. The number of aromatic nitrogens is 4. The normalized spacial score (nSPS) is 10.7. The van der Waals surface area contributed by atoms with Crippen molar-refractivity contribution in [3.05, 3.63) is 39.8 Å². The van der Waals surface area contributed by atoms with E-state index in [1.807, 2.05) is 13.1 Å². The first-order valence-corrected chi connectivity index (χ1v) is 5.44. The van der Waals surface area contributed by atoms with Gasteiger partial charge in [-0.25, -0.2) is 4.98 Å². The van der Waals surface area contributed by atoms with Crippen molar-refractivity contribution in [1.29, 1.82) is 0 Å². The van der Waals surface area contributed by atoms with Crippen molar-refractivity contribution in [2.24, 2.45) is 7.05 Å². The van der Waals surface area contributed by atoms with Crippen molar-refractivity contribution in [2.45, 2.75) is 13.0 Å². The molecule has 0 radical (unpaired) electrons. The summed E-state index contributed by atoms with van der Waals surface area (Å²) in [5, 5.41) is 4.10. The monoisotopic (exact) mass is 253 g/mol. The lowest BCUT2D eigenvalue weighted by Crippen LogP contribution is -2.24. The fourth-order valence-corrected chi connectivity index (χ4v) is 1.65. The zero-order valence-electron chi connectivity index (χ0n) is 9.30. The molecule has 7 heteroatoms. The molecule has 0 aliphatic rings. The van der Waals surface area contributed by atoms with Crippen LogP contribution in [-0.4, -0.2) is 19.3 Å². The van der Waals surface area contributed by atoms with Gasteiger partial charge in [0.1, 0.15) is 5.69 Å². The fourth-order valence-electron chi connectivity index (χ4n) is 1.53. The number of rotatable bonds is 3. The highest BCUT2D eigenvalue weighted by molar-refractivity contribution is 6.31. The zero-order valence-corrected chi connectivity index (χ0v) is 10.1. The van der Waals surface area contributed by atoms with Gasteiger partial charge in [0.05, 0.1) is 6.33 Å². The van der Waals surface area contributed by atoms with E-state index in [4.69, 9.17) is 17.3 Å². The molecule has 0 saturated heterocycles. The number of hydrogen-bond donors (Lipinski definition) is 1. The molecule has 0 amide bonds. The van der Waals surface area contributed by atoms with E-state index in [-0.39, 0.29) is 16.4 Å². The van der Waals surface area contributed by atoms with E-state index in [1.165, 1.54) is 10.9 Å². The molecule has 0 unspecified atom stereocenters. The average molecular weight is 254 g/mol. The van der Waals surface area contributed by atoms with Gasteiger partial charge in [-0.2, -0.15) is 5.10 Å². The molecule has 6 nitrogen and oxygen atoms in total. The third kappa shape index (κ3) is 2.31. The van der Waals surface area contributed by atoms with Crippen LogP contribution >= 0.6 is 11.6 Å². The second-order valence-corrected chi connectivity index (χ2v) is 4.00. The van der Waals surface area contributed by atoms with Crippen LogP contribution < -0.4 is 11.3 Å². The van der Waals surface area contributed by atoms with Gasteiger partial charge >= 0.3 is 0 Å². The van der Waals surface area contributed by atoms with Gasteiger partial charge in [0, 0.05) is 31.9 Å². The Bertz CT molecular complexity index is 589. The molecule has 0 fully saturated rings. The van der Waals surface area contributed by atoms with Crippen molar-refractivity contribution in [3.8, 4) is 0 Å². The maximum absolute atomic E-state index is 11.7. The van der Waals surface area contributed by atoms with E-state index in [9.17, 15) is 4.79 Å². The van der Waals surface area contributed by atoms with Crippen molar-refractivity contribution in [2.75, 3.05) is 5.73 Å². The molecular weight excluding hydrogens is 242 g/mol. The summed E-state index contributed by atoms with van der Waals surface area (Å²) in [6.07, 6.45) is 3.79. The summed E-state index contributed by atoms with van der Waals surface area (Å²) >= 11 is 5.65. The van der Waals surface area contributed by atoms with Gasteiger partial charge in [-0.15, -0.1) is 0 Å². The van der Waals surface area contributed by atoms with Crippen LogP contribution in [0.25, 0.3) is 0 Å². The van der Waals surface area contributed by atoms with Crippen LogP contribution in [0.2, 0.25) is 5.15 Å². The van der Waals surface area contributed by atoms with Crippen molar-refractivity contribution in [3.63, 3.8) is 0 Å². The summed E-state index contributed by atoms with van der Waals surface area (Å²) in [6.45, 7) is 0.493. The lowest BCUT2D eigenvalue weighted by molar-refractivity contribution is 0.615. The van der Waals surface area contributed by atoms with E-state index in [2.05, 4.69) is 10.1 Å². The first-order chi connectivity index (χ1) is 8.09. The summed E-state index contributed by atoms with van der Waals surface area (Å²) in [6, 6.07) is 1.90. The Labute approximate surface area is 103 Å². The predicted octanol–water partition coefficient (Wildman–Crippen LogP) is 0.455. The van der Waals surface area contributed by atoms with E-state index in [1.54, 1.807) is 10.9 Å². The molecule has 2 N–H and O–H groups in total. The van der Waals surface area contributed by atoms with Crippen molar-refractivity contribution in [1.82, 2.24) is 19.3 Å².